The van der Waals surface area contributed by atoms with E-state index in [2.05, 4.69) is 0 Å². The molecule has 0 N–H and O–H groups in total. The fourth-order valence-electron chi connectivity index (χ4n) is 2.67. The van der Waals surface area contributed by atoms with Gasteiger partial charge in [0.1, 0.15) is 5.82 Å². The zero-order chi connectivity index (χ0) is 14.3. The SMILES string of the molecule is CC1Cc2ccccc2N1C(=O)c1ccc(Cl)cc1F. The molecule has 4 heteroatoms. The van der Waals surface area contributed by atoms with Gasteiger partial charge in [-0.3, -0.25) is 4.79 Å². The number of amides is 1. The van der Waals surface area contributed by atoms with Crippen LogP contribution in [0, 0.1) is 5.82 Å². The summed E-state index contributed by atoms with van der Waals surface area (Å²) < 4.78 is 13.9. The molecule has 1 aliphatic rings. The Morgan fingerprint density at radius 1 is 1.30 bits per heavy atom. The minimum Gasteiger partial charge on any atom is -0.305 e. The van der Waals surface area contributed by atoms with Crippen molar-refractivity contribution in [3.8, 4) is 0 Å². The molecule has 1 aliphatic heterocycles. The van der Waals surface area contributed by atoms with Crippen LogP contribution in [0.5, 0.6) is 0 Å². The number of fused-ring (bicyclic) bond motifs is 1. The summed E-state index contributed by atoms with van der Waals surface area (Å²) >= 11 is 5.73. The van der Waals surface area contributed by atoms with Gasteiger partial charge in [0.15, 0.2) is 0 Å². The molecule has 1 unspecified atom stereocenters. The third-order valence-electron chi connectivity index (χ3n) is 3.59. The van der Waals surface area contributed by atoms with Crippen LogP contribution < -0.4 is 4.90 Å². The van der Waals surface area contributed by atoms with Crippen molar-refractivity contribution in [3.05, 3.63) is 64.4 Å². The zero-order valence-corrected chi connectivity index (χ0v) is 11.7. The quantitative estimate of drug-likeness (QED) is 0.775. The summed E-state index contributed by atoms with van der Waals surface area (Å²) in [5.74, 6) is -0.907. The minimum absolute atomic E-state index is 0.0231. The maximum Gasteiger partial charge on any atom is 0.261 e. The van der Waals surface area contributed by atoms with Gasteiger partial charge in [0.05, 0.1) is 5.56 Å². The van der Waals surface area contributed by atoms with E-state index in [1.54, 1.807) is 4.90 Å². The molecule has 0 spiro atoms. The maximum atomic E-state index is 13.9. The van der Waals surface area contributed by atoms with Crippen LogP contribution in [-0.4, -0.2) is 11.9 Å². The molecule has 0 bridgehead atoms. The summed E-state index contributed by atoms with van der Waals surface area (Å²) in [6.07, 6.45) is 0.789. The molecule has 2 aromatic rings. The first-order valence-electron chi connectivity index (χ1n) is 6.44. The Bertz CT molecular complexity index is 686. The van der Waals surface area contributed by atoms with Crippen molar-refractivity contribution >= 4 is 23.2 Å². The third kappa shape index (κ3) is 2.08. The predicted octanol–water partition coefficient (Wildman–Crippen LogP) is 4.07. The van der Waals surface area contributed by atoms with Crippen molar-refractivity contribution in [3.63, 3.8) is 0 Å². The normalized spacial score (nSPS) is 17.1. The Kier molecular flexibility index (Phi) is 3.22. The highest BCUT2D eigenvalue weighted by Crippen LogP contribution is 2.33. The number of hydrogen-bond acceptors (Lipinski definition) is 1. The van der Waals surface area contributed by atoms with Gasteiger partial charge in [-0.1, -0.05) is 29.8 Å². The zero-order valence-electron chi connectivity index (χ0n) is 10.9. The van der Waals surface area contributed by atoms with E-state index in [4.69, 9.17) is 11.6 Å². The van der Waals surface area contributed by atoms with Gasteiger partial charge >= 0.3 is 0 Å². The average molecular weight is 290 g/mol. The van der Waals surface area contributed by atoms with Crippen LogP contribution >= 0.6 is 11.6 Å². The van der Waals surface area contributed by atoms with Gasteiger partial charge in [0.25, 0.3) is 5.91 Å². The summed E-state index contributed by atoms with van der Waals surface area (Å²) in [5, 5.41) is 0.286. The highest BCUT2D eigenvalue weighted by Gasteiger charge is 2.32. The summed E-state index contributed by atoms with van der Waals surface area (Å²) in [7, 11) is 0. The standard InChI is InChI=1S/C16H13ClFNO/c1-10-8-11-4-2-3-5-15(11)19(10)16(20)13-7-6-12(17)9-14(13)18/h2-7,9-10H,8H2,1H3. The molecular formula is C16H13ClFNO. The average Bonchev–Trinajstić information content (AvgIpc) is 2.73. The van der Waals surface area contributed by atoms with E-state index in [1.807, 2.05) is 31.2 Å². The molecule has 3 rings (SSSR count). The number of nitrogens with zero attached hydrogens (tertiary/aromatic N) is 1. The van der Waals surface area contributed by atoms with Crippen LogP contribution in [0.15, 0.2) is 42.5 Å². The fraction of sp³-hybridized carbons (Fsp3) is 0.188. The molecule has 102 valence electrons. The van der Waals surface area contributed by atoms with E-state index in [0.717, 1.165) is 17.7 Å². The topological polar surface area (TPSA) is 20.3 Å². The van der Waals surface area contributed by atoms with Gasteiger partial charge in [-0.2, -0.15) is 0 Å². The lowest BCUT2D eigenvalue weighted by atomic mass is 10.1. The van der Waals surface area contributed by atoms with Crippen LogP contribution in [0.1, 0.15) is 22.8 Å². The largest absolute Gasteiger partial charge is 0.305 e. The number of carbonyl (C=O) groups is 1. The van der Waals surface area contributed by atoms with E-state index < -0.39 is 5.82 Å². The molecule has 0 saturated carbocycles. The minimum atomic E-state index is -0.584. The Balaban J connectivity index is 2.03. The van der Waals surface area contributed by atoms with E-state index in [1.165, 1.54) is 18.2 Å². The number of anilines is 1. The first kappa shape index (κ1) is 13.1. The van der Waals surface area contributed by atoms with Crippen molar-refractivity contribution in [2.45, 2.75) is 19.4 Å². The van der Waals surface area contributed by atoms with Crippen LogP contribution in [0.4, 0.5) is 10.1 Å². The monoisotopic (exact) mass is 289 g/mol. The molecule has 2 aromatic carbocycles. The maximum absolute atomic E-state index is 13.9. The Morgan fingerprint density at radius 3 is 2.80 bits per heavy atom. The molecule has 2 nitrogen and oxygen atoms in total. The molecule has 0 aliphatic carbocycles. The van der Waals surface area contributed by atoms with Crippen molar-refractivity contribution in [1.29, 1.82) is 0 Å². The number of rotatable bonds is 1. The van der Waals surface area contributed by atoms with Crippen molar-refractivity contribution in [1.82, 2.24) is 0 Å². The van der Waals surface area contributed by atoms with Gasteiger partial charge in [0, 0.05) is 16.8 Å². The van der Waals surface area contributed by atoms with Crippen molar-refractivity contribution in [2.24, 2.45) is 0 Å². The first-order chi connectivity index (χ1) is 9.58. The summed E-state index contributed by atoms with van der Waals surface area (Å²) in [5.41, 5.74) is 2.03. The second-order valence-corrected chi connectivity index (χ2v) is 5.42. The van der Waals surface area contributed by atoms with E-state index >= 15 is 0 Å². The number of carbonyl (C=O) groups excluding carboxylic acids is 1. The van der Waals surface area contributed by atoms with Crippen LogP contribution in [0.2, 0.25) is 5.02 Å². The number of halogens is 2. The van der Waals surface area contributed by atoms with Gasteiger partial charge in [-0.25, -0.2) is 4.39 Å². The van der Waals surface area contributed by atoms with E-state index in [0.29, 0.717) is 0 Å². The van der Waals surface area contributed by atoms with Gasteiger partial charge in [0.2, 0.25) is 0 Å². The first-order valence-corrected chi connectivity index (χ1v) is 6.82. The van der Waals surface area contributed by atoms with Crippen LogP contribution in [0.25, 0.3) is 0 Å². The fourth-order valence-corrected chi connectivity index (χ4v) is 2.83. The van der Waals surface area contributed by atoms with E-state index in [-0.39, 0.29) is 22.5 Å². The third-order valence-corrected chi connectivity index (χ3v) is 3.82. The van der Waals surface area contributed by atoms with Crippen molar-refractivity contribution in [2.75, 3.05) is 4.90 Å². The lowest BCUT2D eigenvalue weighted by Gasteiger charge is -2.23. The highest BCUT2D eigenvalue weighted by molar-refractivity contribution is 6.30. The van der Waals surface area contributed by atoms with Crippen LogP contribution in [0.3, 0.4) is 0 Å². The lowest BCUT2D eigenvalue weighted by Crippen LogP contribution is -2.36. The second-order valence-electron chi connectivity index (χ2n) is 4.98. The van der Waals surface area contributed by atoms with Gasteiger partial charge in [-0.05, 0) is 43.2 Å². The Morgan fingerprint density at radius 2 is 2.05 bits per heavy atom. The molecular weight excluding hydrogens is 277 g/mol. The summed E-state index contributed by atoms with van der Waals surface area (Å²) in [4.78, 5) is 14.2. The molecule has 0 aromatic heterocycles. The molecule has 0 fully saturated rings. The molecule has 20 heavy (non-hydrogen) atoms. The molecule has 1 heterocycles. The second kappa shape index (κ2) is 4.91. The Labute approximate surface area is 121 Å². The van der Waals surface area contributed by atoms with E-state index in [9.17, 15) is 9.18 Å². The predicted molar refractivity (Wildman–Crippen MR) is 77.8 cm³/mol. The number of benzene rings is 2. The van der Waals surface area contributed by atoms with Crippen molar-refractivity contribution < 1.29 is 9.18 Å². The smallest absolute Gasteiger partial charge is 0.261 e. The Hall–Kier alpha value is -1.87. The highest BCUT2D eigenvalue weighted by atomic mass is 35.5. The number of hydrogen-bond donors (Lipinski definition) is 0. The number of para-hydroxylation sites is 1. The molecule has 0 radical (unpaired) electrons. The summed E-state index contributed by atoms with van der Waals surface area (Å²) in [6.45, 7) is 1.96. The molecule has 1 atom stereocenters. The summed E-state index contributed by atoms with van der Waals surface area (Å²) in [6, 6.07) is 11.9. The van der Waals surface area contributed by atoms with Crippen LogP contribution in [-0.2, 0) is 6.42 Å². The lowest BCUT2D eigenvalue weighted by molar-refractivity contribution is 0.0977. The van der Waals surface area contributed by atoms with Gasteiger partial charge < -0.3 is 4.90 Å². The molecule has 1 amide bonds. The molecule has 0 saturated heterocycles. The van der Waals surface area contributed by atoms with Gasteiger partial charge in [-0.15, -0.1) is 0 Å².